The molecule has 0 bridgehead atoms. The van der Waals surface area contributed by atoms with Gasteiger partial charge in [-0.2, -0.15) is 0 Å². The van der Waals surface area contributed by atoms with Crippen LogP contribution in [-0.4, -0.2) is 40.5 Å². The van der Waals surface area contributed by atoms with Gasteiger partial charge in [0, 0.05) is 37.1 Å². The Labute approximate surface area is 123 Å². The SMILES string of the molecule is OC(CNCCn1ccnc1)COc1ccc(Cl)cc1. The molecule has 0 aliphatic heterocycles. The molecule has 0 saturated carbocycles. The van der Waals surface area contributed by atoms with E-state index in [-0.39, 0.29) is 6.61 Å². The zero-order valence-electron chi connectivity index (χ0n) is 11.1. The van der Waals surface area contributed by atoms with E-state index in [1.807, 2.05) is 10.8 Å². The molecule has 0 saturated heterocycles. The molecule has 0 fully saturated rings. The average Bonchev–Trinajstić information content (AvgIpc) is 2.96. The number of rotatable bonds is 8. The summed E-state index contributed by atoms with van der Waals surface area (Å²) in [5.74, 6) is 0.701. The molecule has 1 atom stereocenters. The fraction of sp³-hybridized carbons (Fsp3) is 0.357. The van der Waals surface area contributed by atoms with Crippen molar-refractivity contribution >= 4 is 11.6 Å². The van der Waals surface area contributed by atoms with Gasteiger partial charge in [-0.25, -0.2) is 4.98 Å². The molecule has 20 heavy (non-hydrogen) atoms. The Morgan fingerprint density at radius 1 is 1.35 bits per heavy atom. The number of ether oxygens (including phenoxy) is 1. The van der Waals surface area contributed by atoms with Crippen molar-refractivity contribution in [2.75, 3.05) is 19.7 Å². The first kappa shape index (κ1) is 14.8. The lowest BCUT2D eigenvalue weighted by Crippen LogP contribution is -2.33. The van der Waals surface area contributed by atoms with Crippen molar-refractivity contribution in [1.82, 2.24) is 14.9 Å². The molecule has 1 aromatic heterocycles. The minimum atomic E-state index is -0.548. The van der Waals surface area contributed by atoms with Gasteiger partial charge in [-0.05, 0) is 24.3 Å². The van der Waals surface area contributed by atoms with E-state index in [2.05, 4.69) is 10.3 Å². The molecular weight excluding hydrogens is 278 g/mol. The molecule has 2 N–H and O–H groups in total. The Balaban J connectivity index is 1.58. The summed E-state index contributed by atoms with van der Waals surface area (Å²) >= 11 is 5.78. The van der Waals surface area contributed by atoms with Crippen LogP contribution < -0.4 is 10.1 Å². The van der Waals surface area contributed by atoms with E-state index in [0.29, 0.717) is 17.3 Å². The monoisotopic (exact) mass is 295 g/mol. The van der Waals surface area contributed by atoms with Gasteiger partial charge in [0.1, 0.15) is 18.5 Å². The second kappa shape index (κ2) is 7.89. The number of aliphatic hydroxyl groups is 1. The van der Waals surface area contributed by atoms with Crippen LogP contribution in [0.25, 0.3) is 0 Å². The first-order valence-corrected chi connectivity index (χ1v) is 6.85. The first-order valence-electron chi connectivity index (χ1n) is 6.47. The predicted octanol–water partition coefficient (Wildman–Crippen LogP) is 1.57. The molecule has 0 spiro atoms. The van der Waals surface area contributed by atoms with Crippen molar-refractivity contribution in [3.8, 4) is 5.75 Å². The number of nitrogens with one attached hydrogen (secondary N) is 1. The summed E-state index contributed by atoms with van der Waals surface area (Å²) in [4.78, 5) is 3.96. The third-order valence-corrected chi connectivity index (χ3v) is 2.99. The number of hydrogen-bond donors (Lipinski definition) is 2. The lowest BCUT2D eigenvalue weighted by Gasteiger charge is -2.13. The van der Waals surface area contributed by atoms with E-state index in [1.165, 1.54) is 0 Å². The van der Waals surface area contributed by atoms with Crippen LogP contribution in [0, 0.1) is 0 Å². The smallest absolute Gasteiger partial charge is 0.119 e. The maximum atomic E-state index is 9.79. The second-order valence-electron chi connectivity index (χ2n) is 4.42. The average molecular weight is 296 g/mol. The molecule has 2 rings (SSSR count). The zero-order valence-corrected chi connectivity index (χ0v) is 11.8. The van der Waals surface area contributed by atoms with Crippen molar-refractivity contribution in [1.29, 1.82) is 0 Å². The van der Waals surface area contributed by atoms with Crippen LogP contribution >= 0.6 is 11.6 Å². The van der Waals surface area contributed by atoms with Gasteiger partial charge in [-0.15, -0.1) is 0 Å². The van der Waals surface area contributed by atoms with Gasteiger partial charge >= 0.3 is 0 Å². The van der Waals surface area contributed by atoms with Gasteiger partial charge < -0.3 is 19.7 Å². The van der Waals surface area contributed by atoms with Crippen LogP contribution in [-0.2, 0) is 6.54 Å². The minimum absolute atomic E-state index is 0.250. The number of hydrogen-bond acceptors (Lipinski definition) is 4. The fourth-order valence-electron chi connectivity index (χ4n) is 1.68. The molecule has 0 aliphatic rings. The minimum Gasteiger partial charge on any atom is -0.491 e. The van der Waals surface area contributed by atoms with E-state index in [1.54, 1.807) is 36.8 Å². The summed E-state index contributed by atoms with van der Waals surface area (Å²) < 4.78 is 7.44. The van der Waals surface area contributed by atoms with Crippen molar-refractivity contribution in [2.24, 2.45) is 0 Å². The summed E-state index contributed by atoms with van der Waals surface area (Å²) in [5, 5.41) is 13.6. The highest BCUT2D eigenvalue weighted by atomic mass is 35.5. The van der Waals surface area contributed by atoms with E-state index in [0.717, 1.165) is 13.1 Å². The normalized spacial score (nSPS) is 12.3. The van der Waals surface area contributed by atoms with Gasteiger partial charge in [-0.3, -0.25) is 0 Å². The topological polar surface area (TPSA) is 59.3 Å². The fourth-order valence-corrected chi connectivity index (χ4v) is 1.80. The van der Waals surface area contributed by atoms with Crippen LogP contribution in [0.15, 0.2) is 43.0 Å². The molecule has 108 valence electrons. The highest BCUT2D eigenvalue weighted by Gasteiger charge is 2.04. The van der Waals surface area contributed by atoms with Gasteiger partial charge in [0.25, 0.3) is 0 Å². The molecule has 0 radical (unpaired) electrons. The Bertz CT molecular complexity index is 488. The number of imidazole rings is 1. The van der Waals surface area contributed by atoms with Gasteiger partial charge in [0.05, 0.1) is 6.33 Å². The Morgan fingerprint density at radius 3 is 2.85 bits per heavy atom. The molecule has 5 nitrogen and oxygen atoms in total. The highest BCUT2D eigenvalue weighted by Crippen LogP contribution is 2.15. The first-order chi connectivity index (χ1) is 9.74. The number of halogens is 1. The van der Waals surface area contributed by atoms with Crippen molar-refractivity contribution in [3.05, 3.63) is 48.0 Å². The Morgan fingerprint density at radius 2 is 2.15 bits per heavy atom. The van der Waals surface area contributed by atoms with Crippen molar-refractivity contribution < 1.29 is 9.84 Å². The maximum absolute atomic E-state index is 9.79. The van der Waals surface area contributed by atoms with Gasteiger partial charge in [0.2, 0.25) is 0 Å². The molecule has 1 aromatic carbocycles. The second-order valence-corrected chi connectivity index (χ2v) is 4.86. The molecule has 2 aromatic rings. The summed E-state index contributed by atoms with van der Waals surface area (Å²) in [6.07, 6.45) is 4.87. The van der Waals surface area contributed by atoms with Crippen molar-refractivity contribution in [3.63, 3.8) is 0 Å². The molecule has 0 amide bonds. The standard InChI is InChI=1S/C14H18ClN3O2/c15-12-1-3-14(4-2-12)20-10-13(19)9-16-5-7-18-8-6-17-11-18/h1-4,6,8,11,13,16,19H,5,7,9-10H2. The molecule has 0 aliphatic carbocycles. The van der Waals surface area contributed by atoms with E-state index >= 15 is 0 Å². The Hall–Kier alpha value is -1.56. The predicted molar refractivity (Wildman–Crippen MR) is 78.1 cm³/mol. The maximum Gasteiger partial charge on any atom is 0.119 e. The van der Waals surface area contributed by atoms with Crippen LogP contribution in [0.4, 0.5) is 0 Å². The molecule has 6 heteroatoms. The molecule has 1 heterocycles. The number of benzene rings is 1. The number of aliphatic hydroxyl groups excluding tert-OH is 1. The molecule has 1 unspecified atom stereocenters. The largest absolute Gasteiger partial charge is 0.491 e. The van der Waals surface area contributed by atoms with E-state index in [4.69, 9.17) is 16.3 Å². The summed E-state index contributed by atoms with van der Waals surface area (Å²) in [6, 6.07) is 7.07. The van der Waals surface area contributed by atoms with Gasteiger partial charge in [0.15, 0.2) is 0 Å². The molecular formula is C14H18ClN3O2. The summed E-state index contributed by atoms with van der Waals surface area (Å²) in [7, 11) is 0. The van der Waals surface area contributed by atoms with Crippen LogP contribution in [0.3, 0.4) is 0 Å². The Kier molecular flexibility index (Phi) is 5.86. The lowest BCUT2D eigenvalue weighted by molar-refractivity contribution is 0.106. The third-order valence-electron chi connectivity index (χ3n) is 2.74. The van der Waals surface area contributed by atoms with Crippen LogP contribution in [0.5, 0.6) is 5.75 Å². The van der Waals surface area contributed by atoms with Gasteiger partial charge in [-0.1, -0.05) is 11.6 Å². The van der Waals surface area contributed by atoms with E-state index in [9.17, 15) is 5.11 Å². The van der Waals surface area contributed by atoms with Crippen LogP contribution in [0.2, 0.25) is 5.02 Å². The number of nitrogens with zero attached hydrogens (tertiary/aromatic N) is 2. The lowest BCUT2D eigenvalue weighted by atomic mass is 10.3. The highest BCUT2D eigenvalue weighted by molar-refractivity contribution is 6.30. The zero-order chi connectivity index (χ0) is 14.2. The number of aromatic nitrogens is 2. The summed E-state index contributed by atoms with van der Waals surface area (Å²) in [5.41, 5.74) is 0. The quantitative estimate of drug-likeness (QED) is 0.726. The summed E-state index contributed by atoms with van der Waals surface area (Å²) in [6.45, 7) is 2.33. The van der Waals surface area contributed by atoms with Crippen LogP contribution in [0.1, 0.15) is 0 Å². The van der Waals surface area contributed by atoms with Crippen molar-refractivity contribution in [2.45, 2.75) is 12.6 Å². The van der Waals surface area contributed by atoms with E-state index < -0.39 is 6.10 Å². The third kappa shape index (κ3) is 5.21.